The number of aromatic amines is 1. The molecule has 0 aliphatic rings. The first-order valence-electron chi connectivity index (χ1n) is 4.56. The zero-order valence-electron chi connectivity index (χ0n) is 8.54. The number of nitrogens with zero attached hydrogens (tertiary/aromatic N) is 3. The van der Waals surface area contributed by atoms with Crippen LogP contribution < -0.4 is 0 Å². The minimum Gasteiger partial charge on any atom is -0.286 e. The van der Waals surface area contributed by atoms with Crippen molar-refractivity contribution in [2.24, 2.45) is 0 Å². The van der Waals surface area contributed by atoms with Gasteiger partial charge in [0.1, 0.15) is 0 Å². The van der Waals surface area contributed by atoms with Crippen LogP contribution in [0, 0.1) is 0 Å². The van der Waals surface area contributed by atoms with Crippen molar-refractivity contribution in [2.45, 2.75) is 0 Å². The molecule has 2 heterocycles. The third-order valence-corrected chi connectivity index (χ3v) is 1.78. The van der Waals surface area contributed by atoms with E-state index in [1.54, 1.807) is 24.8 Å². The molecule has 0 radical (unpaired) electrons. The smallest absolute Gasteiger partial charge is 0.0886 e. The van der Waals surface area contributed by atoms with Crippen molar-refractivity contribution < 1.29 is 0 Å². The van der Waals surface area contributed by atoms with E-state index >= 15 is 0 Å². The van der Waals surface area contributed by atoms with Gasteiger partial charge in [0.05, 0.1) is 11.0 Å². The number of fused-ring (bicyclic) bond motifs is 1. The first-order valence-corrected chi connectivity index (χ1v) is 4.56. The van der Waals surface area contributed by atoms with E-state index in [1.807, 2.05) is 30.3 Å². The van der Waals surface area contributed by atoms with E-state index in [1.165, 1.54) is 0 Å². The van der Waals surface area contributed by atoms with Crippen molar-refractivity contribution in [3.8, 4) is 0 Å². The van der Waals surface area contributed by atoms with Crippen molar-refractivity contribution in [1.29, 1.82) is 0 Å². The van der Waals surface area contributed by atoms with E-state index in [2.05, 4.69) is 20.2 Å². The SMILES string of the molecule is [SeH2].c1ccc2nccnc2c1.c1cn[nH]c1. The summed E-state index contributed by atoms with van der Waals surface area (Å²) in [6, 6.07) is 9.64. The fourth-order valence-corrected chi connectivity index (χ4v) is 1.12. The van der Waals surface area contributed by atoms with Gasteiger partial charge in [0.2, 0.25) is 0 Å². The Kier molecular flexibility index (Phi) is 5.19. The number of hydrogen-bond acceptors (Lipinski definition) is 3. The third kappa shape index (κ3) is 3.46. The van der Waals surface area contributed by atoms with Gasteiger partial charge in [-0.15, -0.1) is 0 Å². The van der Waals surface area contributed by atoms with Crippen LogP contribution in [0.5, 0.6) is 0 Å². The van der Waals surface area contributed by atoms with Gasteiger partial charge in [-0.2, -0.15) is 5.10 Å². The molecule has 1 aromatic carbocycles. The van der Waals surface area contributed by atoms with E-state index in [-0.39, 0.29) is 17.1 Å². The number of nitrogens with one attached hydrogen (secondary N) is 1. The van der Waals surface area contributed by atoms with E-state index < -0.39 is 0 Å². The van der Waals surface area contributed by atoms with E-state index in [0.717, 1.165) is 11.0 Å². The van der Waals surface area contributed by atoms with Crippen LogP contribution in [0.25, 0.3) is 11.0 Å². The minimum absolute atomic E-state index is 0. The fourth-order valence-electron chi connectivity index (χ4n) is 1.12. The molecule has 0 fully saturated rings. The van der Waals surface area contributed by atoms with Gasteiger partial charge in [-0.05, 0) is 18.2 Å². The average Bonchev–Trinajstić information content (AvgIpc) is 2.88. The third-order valence-electron chi connectivity index (χ3n) is 1.78. The molecule has 0 aliphatic heterocycles. The van der Waals surface area contributed by atoms with Crippen molar-refractivity contribution in [3.63, 3.8) is 0 Å². The molecular weight excluding hydrogens is 267 g/mol. The fraction of sp³-hybridized carbons (Fsp3) is 0. The number of hydrogen-bond donors (Lipinski definition) is 1. The monoisotopic (exact) mass is 280 g/mol. The van der Waals surface area contributed by atoms with Crippen molar-refractivity contribution in [3.05, 3.63) is 55.1 Å². The second-order valence-corrected chi connectivity index (χ2v) is 2.81. The van der Waals surface area contributed by atoms with Crippen LogP contribution in [0.3, 0.4) is 0 Å². The largest absolute Gasteiger partial charge is 0.286 e. The maximum atomic E-state index is 4.12. The second kappa shape index (κ2) is 6.71. The first kappa shape index (κ1) is 12.4. The van der Waals surface area contributed by atoms with E-state index in [4.69, 9.17) is 0 Å². The maximum absolute atomic E-state index is 4.12. The molecule has 16 heavy (non-hydrogen) atoms. The minimum atomic E-state index is 0. The molecule has 2 aromatic heterocycles. The summed E-state index contributed by atoms with van der Waals surface area (Å²) in [4.78, 5) is 8.24. The summed E-state index contributed by atoms with van der Waals surface area (Å²) in [5, 5.41) is 6.21. The summed E-state index contributed by atoms with van der Waals surface area (Å²) >= 11 is 0. The van der Waals surface area contributed by atoms with Crippen molar-refractivity contribution >= 4 is 28.1 Å². The van der Waals surface area contributed by atoms with E-state index in [0.29, 0.717) is 0 Å². The molecular formula is C11H12N4Se. The van der Waals surface area contributed by atoms with Gasteiger partial charge in [-0.1, -0.05) is 12.1 Å². The summed E-state index contributed by atoms with van der Waals surface area (Å²) in [5.74, 6) is 0. The molecule has 3 aromatic rings. The zero-order valence-corrected chi connectivity index (χ0v) is 10.6. The van der Waals surface area contributed by atoms with Gasteiger partial charge in [0.25, 0.3) is 0 Å². The summed E-state index contributed by atoms with van der Waals surface area (Å²) in [5.41, 5.74) is 1.90. The Bertz CT molecular complexity index is 427. The number of H-pyrrole nitrogens is 1. The predicted molar refractivity (Wildman–Crippen MR) is 66.7 cm³/mol. The van der Waals surface area contributed by atoms with Gasteiger partial charge >= 0.3 is 17.1 Å². The van der Waals surface area contributed by atoms with Crippen LogP contribution in [0.2, 0.25) is 0 Å². The topological polar surface area (TPSA) is 54.5 Å². The van der Waals surface area contributed by atoms with Gasteiger partial charge in [0.15, 0.2) is 0 Å². The van der Waals surface area contributed by atoms with Crippen LogP contribution in [0.15, 0.2) is 55.1 Å². The molecule has 0 aliphatic carbocycles. The zero-order chi connectivity index (χ0) is 10.3. The second-order valence-electron chi connectivity index (χ2n) is 2.81. The van der Waals surface area contributed by atoms with Crippen LogP contribution in [-0.4, -0.2) is 37.2 Å². The molecule has 0 saturated carbocycles. The molecule has 0 amide bonds. The molecule has 0 atom stereocenters. The molecule has 4 nitrogen and oxygen atoms in total. The van der Waals surface area contributed by atoms with Crippen LogP contribution >= 0.6 is 0 Å². The molecule has 1 N–H and O–H groups in total. The number of rotatable bonds is 0. The molecule has 0 unspecified atom stereocenters. The molecule has 82 valence electrons. The Morgan fingerprint density at radius 2 is 1.44 bits per heavy atom. The standard InChI is InChI=1S/C8H6N2.C3H4N2.H2Se/c1-2-4-8-7(3-1)9-5-6-10-8;1-2-4-5-3-1;/h1-6H;1-3H,(H,4,5);1H2. The number of para-hydroxylation sites is 2. The van der Waals surface area contributed by atoms with Gasteiger partial charge in [-0.25, -0.2) is 0 Å². The van der Waals surface area contributed by atoms with Crippen molar-refractivity contribution in [2.75, 3.05) is 0 Å². The Morgan fingerprint density at radius 1 is 0.812 bits per heavy atom. The number of benzene rings is 1. The van der Waals surface area contributed by atoms with Crippen LogP contribution in [0.1, 0.15) is 0 Å². The Labute approximate surface area is 104 Å². The van der Waals surface area contributed by atoms with Gasteiger partial charge < -0.3 is 0 Å². The molecule has 0 saturated heterocycles. The van der Waals surface area contributed by atoms with Gasteiger partial charge in [-0.3, -0.25) is 15.1 Å². The first-order chi connectivity index (χ1) is 7.47. The molecule has 5 heteroatoms. The Hall–Kier alpha value is -1.71. The summed E-state index contributed by atoms with van der Waals surface area (Å²) in [7, 11) is 0. The van der Waals surface area contributed by atoms with Crippen molar-refractivity contribution in [1.82, 2.24) is 20.2 Å². The summed E-state index contributed by atoms with van der Waals surface area (Å²) in [6.07, 6.45) is 6.85. The summed E-state index contributed by atoms with van der Waals surface area (Å²) < 4.78 is 0. The summed E-state index contributed by atoms with van der Waals surface area (Å²) in [6.45, 7) is 0. The molecule has 0 bridgehead atoms. The van der Waals surface area contributed by atoms with Crippen LogP contribution in [0.4, 0.5) is 0 Å². The maximum Gasteiger partial charge on any atom is 0.0886 e. The molecule has 3 rings (SSSR count). The Balaban J connectivity index is 0.000000183. The van der Waals surface area contributed by atoms with Gasteiger partial charge in [0, 0.05) is 24.8 Å². The number of aromatic nitrogens is 4. The quantitative estimate of drug-likeness (QED) is 0.627. The molecule has 0 spiro atoms. The predicted octanol–water partition coefficient (Wildman–Crippen LogP) is 1.12. The normalized spacial score (nSPS) is 8.75. The Morgan fingerprint density at radius 3 is 1.81 bits per heavy atom. The van der Waals surface area contributed by atoms with E-state index in [9.17, 15) is 0 Å². The average molecular weight is 279 g/mol. The van der Waals surface area contributed by atoms with Crippen LogP contribution in [-0.2, 0) is 0 Å².